The first-order valence-corrected chi connectivity index (χ1v) is 7.54. The Balaban J connectivity index is 2.43. The summed E-state index contributed by atoms with van der Waals surface area (Å²) in [6.07, 6.45) is 5.09. The first-order chi connectivity index (χ1) is 9.67. The molecule has 2 aromatic rings. The lowest BCUT2D eigenvalue weighted by Crippen LogP contribution is -1.97. The highest BCUT2D eigenvalue weighted by Crippen LogP contribution is 2.27. The molecule has 0 fully saturated rings. The summed E-state index contributed by atoms with van der Waals surface area (Å²) in [7, 11) is 0. The maximum atomic E-state index is 10.5. The average molecular weight is 272 g/mol. The maximum absolute atomic E-state index is 10.5. The van der Waals surface area contributed by atoms with Gasteiger partial charge < -0.3 is 5.11 Å². The lowest BCUT2D eigenvalue weighted by molar-refractivity contribution is 0.427. The predicted molar refractivity (Wildman–Crippen MR) is 82.6 cm³/mol. The Hall–Kier alpha value is -1.77. The minimum absolute atomic E-state index is 0.313. The zero-order valence-electron chi connectivity index (χ0n) is 12.7. The lowest BCUT2D eigenvalue weighted by atomic mass is 10.1. The molecule has 1 N–H and O–H groups in total. The van der Waals surface area contributed by atoms with E-state index in [2.05, 4.69) is 31.9 Å². The zero-order chi connectivity index (χ0) is 14.5. The average Bonchev–Trinajstić information content (AvgIpc) is 2.74. The van der Waals surface area contributed by atoms with Crippen LogP contribution in [0.15, 0.2) is 24.3 Å². The number of aromatic hydroxyl groups is 1. The van der Waals surface area contributed by atoms with Crippen LogP contribution in [0.2, 0.25) is 0 Å². The van der Waals surface area contributed by atoms with Crippen LogP contribution in [0.4, 0.5) is 0 Å². The Labute approximate surface area is 121 Å². The first kappa shape index (κ1) is 14.6. The molecular weight excluding hydrogens is 248 g/mol. The Morgan fingerprint density at radius 3 is 2.60 bits per heavy atom. The first-order valence-electron chi connectivity index (χ1n) is 7.54. The van der Waals surface area contributed by atoms with Gasteiger partial charge in [-0.2, -0.15) is 5.10 Å². The van der Waals surface area contributed by atoms with Gasteiger partial charge in [0.25, 0.3) is 0 Å². The molecule has 3 heteroatoms. The van der Waals surface area contributed by atoms with Gasteiger partial charge >= 0.3 is 0 Å². The van der Waals surface area contributed by atoms with Gasteiger partial charge in [-0.25, -0.2) is 4.68 Å². The van der Waals surface area contributed by atoms with Gasteiger partial charge in [0.15, 0.2) is 0 Å². The van der Waals surface area contributed by atoms with Crippen molar-refractivity contribution in [2.75, 3.05) is 0 Å². The molecule has 0 unspecified atom stereocenters. The minimum Gasteiger partial charge on any atom is -0.493 e. The van der Waals surface area contributed by atoms with E-state index >= 15 is 0 Å². The number of nitrogens with zero attached hydrogens (tertiary/aromatic N) is 2. The van der Waals surface area contributed by atoms with Crippen molar-refractivity contribution in [2.45, 2.75) is 52.9 Å². The fraction of sp³-hybridized carbons (Fsp3) is 0.471. The molecular formula is C17H24N2O. The number of aromatic nitrogens is 2. The van der Waals surface area contributed by atoms with Crippen LogP contribution in [-0.2, 0) is 12.8 Å². The molecule has 108 valence electrons. The minimum atomic E-state index is 0.313. The number of unbranched alkanes of at least 4 members (excludes halogenated alkanes) is 1. The van der Waals surface area contributed by atoms with E-state index in [-0.39, 0.29) is 0 Å². The Bertz CT molecular complexity index is 572. The van der Waals surface area contributed by atoms with Crippen molar-refractivity contribution < 1.29 is 5.11 Å². The number of hydrogen-bond acceptors (Lipinski definition) is 2. The third-order valence-electron chi connectivity index (χ3n) is 3.55. The third kappa shape index (κ3) is 3.03. The third-order valence-corrected chi connectivity index (χ3v) is 3.55. The van der Waals surface area contributed by atoms with E-state index < -0.39 is 0 Å². The molecule has 0 amide bonds. The summed E-state index contributed by atoms with van der Waals surface area (Å²) >= 11 is 0. The van der Waals surface area contributed by atoms with Crippen LogP contribution in [-0.4, -0.2) is 14.9 Å². The van der Waals surface area contributed by atoms with Crippen LogP contribution in [0.25, 0.3) is 5.69 Å². The number of hydrogen-bond donors (Lipinski definition) is 1. The van der Waals surface area contributed by atoms with E-state index in [1.165, 1.54) is 5.56 Å². The zero-order valence-corrected chi connectivity index (χ0v) is 12.7. The Kier molecular flexibility index (Phi) is 4.83. The summed E-state index contributed by atoms with van der Waals surface area (Å²) in [6.45, 7) is 6.36. The van der Waals surface area contributed by atoms with Crippen molar-refractivity contribution in [3.8, 4) is 11.6 Å². The predicted octanol–water partition coefficient (Wildman–Crippen LogP) is 4.18. The van der Waals surface area contributed by atoms with Gasteiger partial charge in [-0.1, -0.05) is 38.8 Å². The molecule has 1 aromatic heterocycles. The molecule has 0 spiro atoms. The van der Waals surface area contributed by atoms with Crippen molar-refractivity contribution in [3.05, 3.63) is 41.1 Å². The monoisotopic (exact) mass is 272 g/mol. The van der Waals surface area contributed by atoms with Gasteiger partial charge in [0.1, 0.15) is 0 Å². The summed E-state index contributed by atoms with van der Waals surface area (Å²) in [5.41, 5.74) is 4.17. The number of rotatable bonds is 6. The van der Waals surface area contributed by atoms with Gasteiger partial charge in [0, 0.05) is 5.56 Å². The number of aryl methyl sites for hydroxylation is 2. The van der Waals surface area contributed by atoms with Crippen LogP contribution < -0.4 is 0 Å². The van der Waals surface area contributed by atoms with E-state index in [1.54, 1.807) is 4.68 Å². The van der Waals surface area contributed by atoms with Crippen LogP contribution in [0, 0.1) is 6.92 Å². The summed E-state index contributed by atoms with van der Waals surface area (Å²) in [4.78, 5) is 0. The highest BCUT2D eigenvalue weighted by atomic mass is 16.3. The molecule has 1 heterocycles. The van der Waals surface area contributed by atoms with Crippen LogP contribution >= 0.6 is 0 Å². The normalized spacial score (nSPS) is 10.9. The van der Waals surface area contributed by atoms with Crippen LogP contribution in [0.5, 0.6) is 5.88 Å². The molecule has 0 saturated carbocycles. The van der Waals surface area contributed by atoms with Gasteiger partial charge in [-0.15, -0.1) is 0 Å². The molecule has 0 aliphatic carbocycles. The van der Waals surface area contributed by atoms with E-state index in [1.807, 2.05) is 18.2 Å². The molecule has 0 aliphatic rings. The second-order valence-corrected chi connectivity index (χ2v) is 5.35. The van der Waals surface area contributed by atoms with Crippen molar-refractivity contribution >= 4 is 0 Å². The Morgan fingerprint density at radius 2 is 1.95 bits per heavy atom. The summed E-state index contributed by atoms with van der Waals surface area (Å²) in [5, 5.41) is 15.1. The standard InChI is InChI=1S/C17H24N2O/c1-4-6-11-15-16(8-5-2)18-19(17(15)20)14-10-7-9-13(3)12-14/h7,9-10,12,20H,4-6,8,11H2,1-3H3. The van der Waals surface area contributed by atoms with Gasteiger partial charge in [0.2, 0.25) is 5.88 Å². The van der Waals surface area contributed by atoms with E-state index in [4.69, 9.17) is 0 Å². The maximum Gasteiger partial charge on any atom is 0.217 e. The smallest absolute Gasteiger partial charge is 0.217 e. The molecule has 3 nitrogen and oxygen atoms in total. The second kappa shape index (κ2) is 6.60. The molecule has 0 bridgehead atoms. The van der Waals surface area contributed by atoms with Crippen molar-refractivity contribution in [3.63, 3.8) is 0 Å². The fourth-order valence-electron chi connectivity index (χ4n) is 2.47. The fourth-order valence-corrected chi connectivity index (χ4v) is 2.47. The molecule has 0 saturated heterocycles. The van der Waals surface area contributed by atoms with Gasteiger partial charge in [-0.3, -0.25) is 0 Å². The van der Waals surface area contributed by atoms with Gasteiger partial charge in [0.05, 0.1) is 11.4 Å². The largest absolute Gasteiger partial charge is 0.493 e. The van der Waals surface area contributed by atoms with Crippen molar-refractivity contribution in [2.24, 2.45) is 0 Å². The molecule has 0 atom stereocenters. The molecule has 2 rings (SSSR count). The molecule has 0 radical (unpaired) electrons. The van der Waals surface area contributed by atoms with Crippen molar-refractivity contribution in [1.29, 1.82) is 0 Å². The lowest BCUT2D eigenvalue weighted by Gasteiger charge is -2.04. The number of benzene rings is 1. The van der Waals surface area contributed by atoms with Crippen LogP contribution in [0.1, 0.15) is 49.9 Å². The molecule has 0 aliphatic heterocycles. The SMILES string of the molecule is CCCCc1c(CCC)nn(-c2cccc(C)c2)c1O. The summed E-state index contributed by atoms with van der Waals surface area (Å²) < 4.78 is 1.68. The Morgan fingerprint density at radius 1 is 1.15 bits per heavy atom. The second-order valence-electron chi connectivity index (χ2n) is 5.35. The summed E-state index contributed by atoms with van der Waals surface area (Å²) in [5.74, 6) is 0.313. The van der Waals surface area contributed by atoms with E-state index in [0.717, 1.165) is 49.0 Å². The van der Waals surface area contributed by atoms with Gasteiger partial charge in [-0.05, 0) is 43.9 Å². The topological polar surface area (TPSA) is 38.0 Å². The highest BCUT2D eigenvalue weighted by Gasteiger charge is 2.17. The molecule has 1 aromatic carbocycles. The quantitative estimate of drug-likeness (QED) is 0.856. The van der Waals surface area contributed by atoms with E-state index in [0.29, 0.717) is 5.88 Å². The summed E-state index contributed by atoms with van der Waals surface area (Å²) in [6, 6.07) is 8.08. The van der Waals surface area contributed by atoms with Crippen molar-refractivity contribution in [1.82, 2.24) is 9.78 Å². The highest BCUT2D eigenvalue weighted by molar-refractivity contribution is 5.42. The van der Waals surface area contributed by atoms with Crippen LogP contribution in [0.3, 0.4) is 0 Å². The molecule has 20 heavy (non-hydrogen) atoms. The van der Waals surface area contributed by atoms with E-state index in [9.17, 15) is 5.11 Å².